The van der Waals surface area contributed by atoms with E-state index in [0.29, 0.717) is 18.0 Å². The third-order valence-electron chi connectivity index (χ3n) is 4.90. The molecule has 3 rings (SSSR count). The van der Waals surface area contributed by atoms with Gasteiger partial charge in [-0.15, -0.1) is 5.10 Å². The maximum Gasteiger partial charge on any atom is 0.213 e. The molecule has 7 heteroatoms. The van der Waals surface area contributed by atoms with Crippen LogP contribution in [-0.2, 0) is 6.54 Å². The molecule has 0 amide bonds. The fourth-order valence-electron chi connectivity index (χ4n) is 3.53. The average molecular weight is 330 g/mol. The zero-order valence-corrected chi connectivity index (χ0v) is 15.1. The predicted octanol–water partition coefficient (Wildman–Crippen LogP) is 1.29. The Kier molecular flexibility index (Phi) is 4.82. The molecule has 0 aromatic carbocycles. The summed E-state index contributed by atoms with van der Waals surface area (Å²) in [5.74, 6) is 0.682. The number of pyridine rings is 1. The van der Waals surface area contributed by atoms with Crippen LogP contribution in [0.25, 0.3) is 0 Å². The summed E-state index contributed by atoms with van der Waals surface area (Å²) in [7, 11) is 5.92. The Balaban J connectivity index is 1.79. The fourth-order valence-corrected chi connectivity index (χ4v) is 3.53. The van der Waals surface area contributed by atoms with Crippen molar-refractivity contribution in [2.75, 3.05) is 34.3 Å². The molecule has 2 aromatic heterocycles. The number of ether oxygens (including phenoxy) is 1. The van der Waals surface area contributed by atoms with Crippen LogP contribution in [0.2, 0.25) is 0 Å². The standard InChI is InChI=1S/C17H26N6O/c1-12-8-17(24-5)19-13(2)14(12)9-22-10-15(21(3)4)16(11-22)23-7-6-18-20-23/h6-8,15-16H,9-11H2,1-5H3/t15-,16+/m1/s1. The third kappa shape index (κ3) is 3.27. The monoisotopic (exact) mass is 330 g/mol. The van der Waals surface area contributed by atoms with Crippen molar-refractivity contribution < 1.29 is 4.74 Å². The molecule has 0 radical (unpaired) electrons. The minimum atomic E-state index is 0.314. The van der Waals surface area contributed by atoms with Gasteiger partial charge in [-0.25, -0.2) is 9.67 Å². The lowest BCUT2D eigenvalue weighted by Gasteiger charge is -2.24. The van der Waals surface area contributed by atoms with E-state index in [-0.39, 0.29) is 0 Å². The van der Waals surface area contributed by atoms with Gasteiger partial charge in [0.25, 0.3) is 0 Å². The second-order valence-corrected chi connectivity index (χ2v) is 6.72. The Morgan fingerprint density at radius 2 is 2.08 bits per heavy atom. The van der Waals surface area contributed by atoms with E-state index in [4.69, 9.17) is 4.74 Å². The maximum absolute atomic E-state index is 5.27. The minimum absolute atomic E-state index is 0.314. The van der Waals surface area contributed by atoms with Gasteiger partial charge in [0.15, 0.2) is 0 Å². The molecule has 0 bridgehead atoms. The van der Waals surface area contributed by atoms with Crippen molar-refractivity contribution in [2.24, 2.45) is 0 Å². The van der Waals surface area contributed by atoms with Gasteiger partial charge in [0.2, 0.25) is 5.88 Å². The van der Waals surface area contributed by atoms with Crippen LogP contribution in [0.5, 0.6) is 5.88 Å². The summed E-state index contributed by atoms with van der Waals surface area (Å²) in [6.07, 6.45) is 3.70. The third-order valence-corrected chi connectivity index (χ3v) is 4.90. The molecule has 0 unspecified atom stereocenters. The lowest BCUT2D eigenvalue weighted by Crippen LogP contribution is -2.36. The highest BCUT2D eigenvalue weighted by Gasteiger charge is 2.36. The average Bonchev–Trinajstić information content (AvgIpc) is 3.19. The summed E-state index contributed by atoms with van der Waals surface area (Å²) in [4.78, 5) is 9.28. The first kappa shape index (κ1) is 16.9. The first-order valence-electron chi connectivity index (χ1n) is 8.25. The molecule has 0 saturated carbocycles. The molecule has 3 heterocycles. The number of nitrogens with zero attached hydrogens (tertiary/aromatic N) is 6. The van der Waals surface area contributed by atoms with Gasteiger partial charge in [-0.1, -0.05) is 5.21 Å². The van der Waals surface area contributed by atoms with Crippen molar-refractivity contribution in [3.05, 3.63) is 35.3 Å². The molecule has 1 saturated heterocycles. The van der Waals surface area contributed by atoms with Gasteiger partial charge in [-0.3, -0.25) is 4.90 Å². The number of likely N-dealkylation sites (tertiary alicyclic amines) is 1. The highest BCUT2D eigenvalue weighted by atomic mass is 16.5. The molecule has 1 fully saturated rings. The number of hydrogen-bond acceptors (Lipinski definition) is 6. The van der Waals surface area contributed by atoms with Gasteiger partial charge in [-0.2, -0.15) is 0 Å². The van der Waals surface area contributed by atoms with Crippen LogP contribution in [0.1, 0.15) is 22.9 Å². The van der Waals surface area contributed by atoms with E-state index in [1.165, 1.54) is 11.1 Å². The molecule has 0 N–H and O–H groups in total. The molecule has 1 aliphatic heterocycles. The lowest BCUT2D eigenvalue weighted by atomic mass is 10.1. The second-order valence-electron chi connectivity index (χ2n) is 6.72. The lowest BCUT2D eigenvalue weighted by molar-refractivity contribution is 0.237. The van der Waals surface area contributed by atoms with Crippen molar-refractivity contribution in [3.63, 3.8) is 0 Å². The molecule has 7 nitrogen and oxygen atoms in total. The van der Waals surface area contributed by atoms with Crippen molar-refractivity contribution in [1.29, 1.82) is 0 Å². The molecule has 24 heavy (non-hydrogen) atoms. The van der Waals surface area contributed by atoms with E-state index in [9.17, 15) is 0 Å². The Morgan fingerprint density at radius 3 is 2.67 bits per heavy atom. The van der Waals surface area contributed by atoms with Crippen LogP contribution >= 0.6 is 0 Å². The van der Waals surface area contributed by atoms with Crippen LogP contribution in [0.3, 0.4) is 0 Å². The van der Waals surface area contributed by atoms with E-state index in [2.05, 4.69) is 53.0 Å². The van der Waals surface area contributed by atoms with Crippen molar-refractivity contribution in [1.82, 2.24) is 29.8 Å². The molecular weight excluding hydrogens is 304 g/mol. The quantitative estimate of drug-likeness (QED) is 0.823. The largest absolute Gasteiger partial charge is 0.481 e. The smallest absolute Gasteiger partial charge is 0.213 e. The van der Waals surface area contributed by atoms with Gasteiger partial charge in [0.1, 0.15) is 0 Å². The number of aryl methyl sites for hydroxylation is 2. The summed E-state index contributed by atoms with van der Waals surface area (Å²) in [6, 6.07) is 2.74. The number of likely N-dealkylation sites (N-methyl/N-ethyl adjacent to an activating group) is 1. The normalized spacial score (nSPS) is 21.6. The minimum Gasteiger partial charge on any atom is -0.481 e. The molecule has 130 valence electrons. The Hall–Kier alpha value is -1.99. The predicted molar refractivity (Wildman–Crippen MR) is 92.1 cm³/mol. The Morgan fingerprint density at radius 1 is 1.29 bits per heavy atom. The number of rotatable bonds is 5. The molecule has 0 aliphatic carbocycles. The Bertz CT molecular complexity index is 661. The van der Waals surface area contributed by atoms with Gasteiger partial charge >= 0.3 is 0 Å². The summed E-state index contributed by atoms with van der Waals surface area (Å²) in [5, 5.41) is 8.18. The highest BCUT2D eigenvalue weighted by Crippen LogP contribution is 2.27. The Labute approximate surface area is 143 Å². The first-order valence-corrected chi connectivity index (χ1v) is 8.25. The first-order chi connectivity index (χ1) is 11.5. The molecule has 0 spiro atoms. The van der Waals surface area contributed by atoms with Crippen LogP contribution in [-0.4, -0.2) is 70.1 Å². The van der Waals surface area contributed by atoms with E-state index in [0.717, 1.165) is 25.3 Å². The van der Waals surface area contributed by atoms with Crippen molar-refractivity contribution >= 4 is 0 Å². The molecular formula is C17H26N6O. The van der Waals surface area contributed by atoms with Crippen LogP contribution in [0, 0.1) is 13.8 Å². The van der Waals surface area contributed by atoms with Gasteiger partial charge in [0, 0.05) is 43.6 Å². The summed E-state index contributed by atoms with van der Waals surface area (Å²) in [6.45, 7) is 7.03. The molecule has 1 aliphatic rings. The van der Waals surface area contributed by atoms with Gasteiger partial charge in [-0.05, 0) is 39.1 Å². The highest BCUT2D eigenvalue weighted by molar-refractivity contribution is 5.33. The van der Waals surface area contributed by atoms with E-state index < -0.39 is 0 Å². The summed E-state index contributed by atoms with van der Waals surface area (Å²) in [5.41, 5.74) is 3.55. The van der Waals surface area contributed by atoms with E-state index >= 15 is 0 Å². The number of hydrogen-bond donors (Lipinski definition) is 0. The van der Waals surface area contributed by atoms with Crippen molar-refractivity contribution in [3.8, 4) is 5.88 Å². The van der Waals surface area contributed by atoms with Crippen molar-refractivity contribution in [2.45, 2.75) is 32.5 Å². The summed E-state index contributed by atoms with van der Waals surface area (Å²) >= 11 is 0. The fraction of sp³-hybridized carbons (Fsp3) is 0.588. The van der Waals surface area contributed by atoms with Crippen LogP contribution in [0.4, 0.5) is 0 Å². The zero-order valence-electron chi connectivity index (χ0n) is 15.1. The molecule has 2 aromatic rings. The molecule has 2 atom stereocenters. The van der Waals surface area contributed by atoms with Gasteiger partial charge < -0.3 is 9.64 Å². The zero-order chi connectivity index (χ0) is 17.3. The van der Waals surface area contributed by atoms with E-state index in [1.54, 1.807) is 13.3 Å². The van der Waals surface area contributed by atoms with Gasteiger partial charge in [0.05, 0.1) is 19.3 Å². The number of methoxy groups -OCH3 is 1. The maximum atomic E-state index is 5.27. The SMILES string of the molecule is COc1cc(C)c(CN2C[C@@H](N(C)C)[C@@H](n3ccnn3)C2)c(C)n1. The second kappa shape index (κ2) is 6.86. The number of aromatic nitrogens is 4. The van der Waals surface area contributed by atoms with E-state index in [1.807, 2.05) is 16.9 Å². The van der Waals surface area contributed by atoms with Crippen LogP contribution in [0.15, 0.2) is 18.5 Å². The summed E-state index contributed by atoms with van der Waals surface area (Å²) < 4.78 is 7.25. The topological polar surface area (TPSA) is 59.3 Å². The van der Waals surface area contributed by atoms with Crippen LogP contribution < -0.4 is 4.74 Å².